The molecule has 0 aromatic rings. The van der Waals surface area contributed by atoms with E-state index in [1.54, 1.807) is 6.92 Å². The molecule has 7 nitrogen and oxygen atoms in total. The van der Waals surface area contributed by atoms with Crippen molar-refractivity contribution >= 4 is 20.0 Å². The van der Waals surface area contributed by atoms with Crippen LogP contribution in [0.2, 0.25) is 0 Å². The zero-order valence-corrected chi connectivity index (χ0v) is 11.7. The third-order valence-corrected chi connectivity index (χ3v) is 6.46. The van der Waals surface area contributed by atoms with Crippen LogP contribution in [0.15, 0.2) is 0 Å². The zero-order chi connectivity index (χ0) is 13.3. The summed E-state index contributed by atoms with van der Waals surface area (Å²) in [7, 11) is -6.63. The molecule has 1 rings (SSSR count). The van der Waals surface area contributed by atoms with Gasteiger partial charge < -0.3 is 5.73 Å². The molecular weight excluding hydrogens is 266 g/mol. The third-order valence-electron chi connectivity index (χ3n) is 2.87. The molecule has 102 valence electrons. The first kappa shape index (κ1) is 14.8. The summed E-state index contributed by atoms with van der Waals surface area (Å²) in [6, 6.07) is 0. The Kier molecular flexibility index (Phi) is 4.53. The van der Waals surface area contributed by atoms with Gasteiger partial charge in [0.2, 0.25) is 20.0 Å². The SMILES string of the molecule is CC(CN)S(=O)(=O)N1CCN(S(C)(=O)=O)CC1. The van der Waals surface area contributed by atoms with Crippen molar-refractivity contribution in [2.24, 2.45) is 5.73 Å². The summed E-state index contributed by atoms with van der Waals surface area (Å²) in [4.78, 5) is 0. The van der Waals surface area contributed by atoms with Crippen molar-refractivity contribution in [3.05, 3.63) is 0 Å². The summed E-state index contributed by atoms with van der Waals surface area (Å²) in [5.41, 5.74) is 5.35. The maximum absolute atomic E-state index is 12.0. The predicted octanol–water partition coefficient (Wildman–Crippen LogP) is -1.76. The summed E-state index contributed by atoms with van der Waals surface area (Å²) in [5, 5.41) is -0.632. The molecule has 0 bridgehead atoms. The highest BCUT2D eigenvalue weighted by atomic mass is 32.2. The maximum atomic E-state index is 12.0. The van der Waals surface area contributed by atoms with Gasteiger partial charge in [-0.3, -0.25) is 0 Å². The zero-order valence-electron chi connectivity index (χ0n) is 10.0. The van der Waals surface area contributed by atoms with Crippen molar-refractivity contribution in [2.45, 2.75) is 12.2 Å². The van der Waals surface area contributed by atoms with Gasteiger partial charge >= 0.3 is 0 Å². The quantitative estimate of drug-likeness (QED) is 0.659. The Bertz CT molecular complexity index is 451. The molecule has 2 N–H and O–H groups in total. The van der Waals surface area contributed by atoms with Crippen molar-refractivity contribution in [3.63, 3.8) is 0 Å². The summed E-state index contributed by atoms with van der Waals surface area (Å²) < 4.78 is 49.0. The van der Waals surface area contributed by atoms with Gasteiger partial charge in [0, 0.05) is 32.7 Å². The molecule has 1 atom stereocenters. The van der Waals surface area contributed by atoms with E-state index < -0.39 is 25.3 Å². The van der Waals surface area contributed by atoms with Crippen LogP contribution in [0.3, 0.4) is 0 Å². The fourth-order valence-electron chi connectivity index (χ4n) is 1.63. The van der Waals surface area contributed by atoms with Gasteiger partial charge in [0.05, 0.1) is 11.5 Å². The summed E-state index contributed by atoms with van der Waals surface area (Å²) in [6.07, 6.45) is 1.12. The largest absolute Gasteiger partial charge is 0.329 e. The standard InChI is InChI=1S/C8H19N3O4S2/c1-8(7-9)17(14,15)11-5-3-10(4-6-11)16(2,12)13/h8H,3-7,9H2,1-2H3. The summed E-state index contributed by atoms with van der Waals surface area (Å²) >= 11 is 0. The van der Waals surface area contributed by atoms with E-state index in [1.165, 1.54) is 8.61 Å². The van der Waals surface area contributed by atoms with Crippen LogP contribution in [0.4, 0.5) is 0 Å². The minimum absolute atomic E-state index is 0.0641. The fourth-order valence-corrected chi connectivity index (χ4v) is 3.88. The number of hydrogen-bond acceptors (Lipinski definition) is 5. The van der Waals surface area contributed by atoms with Gasteiger partial charge in [-0.15, -0.1) is 0 Å². The van der Waals surface area contributed by atoms with Crippen molar-refractivity contribution in [3.8, 4) is 0 Å². The van der Waals surface area contributed by atoms with Crippen LogP contribution in [0, 0.1) is 0 Å². The molecule has 0 spiro atoms. The molecule has 0 radical (unpaired) electrons. The van der Waals surface area contributed by atoms with E-state index in [-0.39, 0.29) is 32.7 Å². The topological polar surface area (TPSA) is 101 Å². The highest BCUT2D eigenvalue weighted by Crippen LogP contribution is 2.13. The number of nitrogens with two attached hydrogens (primary N) is 1. The monoisotopic (exact) mass is 285 g/mol. The lowest BCUT2D eigenvalue weighted by molar-refractivity contribution is 0.272. The van der Waals surface area contributed by atoms with Crippen LogP contribution in [0.25, 0.3) is 0 Å². The average molecular weight is 285 g/mol. The molecule has 0 amide bonds. The molecule has 0 aromatic heterocycles. The molecule has 1 aliphatic rings. The first-order valence-corrected chi connectivity index (χ1v) is 8.69. The van der Waals surface area contributed by atoms with Crippen molar-refractivity contribution in [1.82, 2.24) is 8.61 Å². The fraction of sp³-hybridized carbons (Fsp3) is 1.00. The van der Waals surface area contributed by atoms with Gasteiger partial charge in [-0.05, 0) is 6.92 Å². The second-order valence-corrected chi connectivity index (χ2v) is 8.49. The van der Waals surface area contributed by atoms with Gasteiger partial charge in [-0.1, -0.05) is 0 Å². The van der Waals surface area contributed by atoms with E-state index in [2.05, 4.69) is 0 Å². The van der Waals surface area contributed by atoms with Crippen molar-refractivity contribution < 1.29 is 16.8 Å². The van der Waals surface area contributed by atoms with Gasteiger partial charge in [0.1, 0.15) is 0 Å². The first-order valence-electron chi connectivity index (χ1n) is 5.33. The van der Waals surface area contributed by atoms with E-state index in [0.717, 1.165) is 6.26 Å². The average Bonchev–Trinajstić information content (AvgIpc) is 2.27. The van der Waals surface area contributed by atoms with Crippen LogP contribution in [-0.4, -0.2) is 69.7 Å². The molecule has 0 saturated carbocycles. The Morgan fingerprint density at radius 2 is 1.47 bits per heavy atom. The van der Waals surface area contributed by atoms with Crippen LogP contribution < -0.4 is 5.73 Å². The molecule has 1 saturated heterocycles. The van der Waals surface area contributed by atoms with E-state index in [0.29, 0.717) is 0 Å². The van der Waals surface area contributed by atoms with Crippen LogP contribution in [0.1, 0.15) is 6.92 Å². The molecule has 1 unspecified atom stereocenters. The second kappa shape index (κ2) is 5.19. The number of sulfonamides is 2. The summed E-state index contributed by atoms with van der Waals surface area (Å²) in [6.45, 7) is 2.41. The van der Waals surface area contributed by atoms with E-state index in [9.17, 15) is 16.8 Å². The first-order chi connectivity index (χ1) is 7.69. The minimum atomic E-state index is -3.39. The minimum Gasteiger partial charge on any atom is -0.329 e. The molecule has 0 aromatic carbocycles. The smallest absolute Gasteiger partial charge is 0.218 e. The Morgan fingerprint density at radius 1 is 1.06 bits per heavy atom. The van der Waals surface area contributed by atoms with Crippen LogP contribution in [0.5, 0.6) is 0 Å². The second-order valence-electron chi connectivity index (χ2n) is 4.15. The van der Waals surface area contributed by atoms with Gasteiger partial charge in [-0.2, -0.15) is 8.61 Å². The lowest BCUT2D eigenvalue weighted by atomic mass is 10.4. The van der Waals surface area contributed by atoms with Crippen LogP contribution >= 0.6 is 0 Å². The van der Waals surface area contributed by atoms with Gasteiger partial charge in [0.25, 0.3) is 0 Å². The third kappa shape index (κ3) is 3.38. The Hall–Kier alpha value is -0.220. The normalized spacial score (nSPS) is 22.5. The van der Waals surface area contributed by atoms with Crippen molar-refractivity contribution in [2.75, 3.05) is 39.0 Å². The van der Waals surface area contributed by atoms with Crippen LogP contribution in [-0.2, 0) is 20.0 Å². The highest BCUT2D eigenvalue weighted by molar-refractivity contribution is 7.89. The molecule has 1 heterocycles. The van der Waals surface area contributed by atoms with E-state index >= 15 is 0 Å². The van der Waals surface area contributed by atoms with Gasteiger partial charge in [-0.25, -0.2) is 16.8 Å². The molecule has 0 aliphatic carbocycles. The lowest BCUT2D eigenvalue weighted by Gasteiger charge is -2.33. The Labute approximate surface area is 103 Å². The Balaban J connectivity index is 2.71. The maximum Gasteiger partial charge on any atom is 0.218 e. The predicted molar refractivity (Wildman–Crippen MR) is 65.4 cm³/mol. The number of hydrogen-bond donors (Lipinski definition) is 1. The summed E-state index contributed by atoms with van der Waals surface area (Å²) in [5.74, 6) is 0. The van der Waals surface area contributed by atoms with E-state index in [1.807, 2.05) is 0 Å². The lowest BCUT2D eigenvalue weighted by Crippen LogP contribution is -2.52. The number of rotatable bonds is 4. The molecule has 17 heavy (non-hydrogen) atoms. The molecule has 1 fully saturated rings. The molecule has 9 heteroatoms. The van der Waals surface area contributed by atoms with Gasteiger partial charge in [0.15, 0.2) is 0 Å². The number of piperazine rings is 1. The molecule has 1 aliphatic heterocycles. The van der Waals surface area contributed by atoms with Crippen molar-refractivity contribution in [1.29, 1.82) is 0 Å². The van der Waals surface area contributed by atoms with E-state index in [4.69, 9.17) is 5.73 Å². The molecular formula is C8H19N3O4S2. The highest BCUT2D eigenvalue weighted by Gasteiger charge is 2.32. The Morgan fingerprint density at radius 3 is 1.82 bits per heavy atom. The number of nitrogens with zero attached hydrogens (tertiary/aromatic N) is 2.